The number of fused-ring (bicyclic) bond motifs is 3. The Hall–Kier alpha value is -1.69. The third-order valence-corrected chi connectivity index (χ3v) is 7.80. The number of thiophene rings is 1. The second-order valence-electron chi connectivity index (χ2n) is 8.34. The molecule has 0 aromatic carbocycles. The third-order valence-electron chi connectivity index (χ3n) is 6.60. The summed E-state index contributed by atoms with van der Waals surface area (Å²) in [6, 6.07) is 0.321. The van der Waals surface area contributed by atoms with Crippen molar-refractivity contribution in [3.05, 3.63) is 16.8 Å². The molecule has 2 fully saturated rings. The topological polar surface area (TPSA) is 58.1 Å². The minimum Gasteiger partial charge on any atom is -0.356 e. The number of amides is 1. The summed E-state index contributed by atoms with van der Waals surface area (Å²) in [5.41, 5.74) is 1.50. The number of aromatic nitrogens is 2. The molecule has 5 nitrogen and oxygen atoms in total. The van der Waals surface area contributed by atoms with Crippen molar-refractivity contribution in [2.75, 3.05) is 18.0 Å². The van der Waals surface area contributed by atoms with E-state index in [0.717, 1.165) is 49.4 Å². The van der Waals surface area contributed by atoms with E-state index in [1.807, 2.05) is 11.3 Å². The Kier molecular flexibility index (Phi) is 4.76. The van der Waals surface area contributed by atoms with Crippen LogP contribution in [0.2, 0.25) is 0 Å². The summed E-state index contributed by atoms with van der Waals surface area (Å²) >= 11 is 1.85. The average Bonchev–Trinajstić information content (AvgIpc) is 3.30. The van der Waals surface area contributed by atoms with Gasteiger partial charge in [0.05, 0.1) is 5.39 Å². The van der Waals surface area contributed by atoms with E-state index in [1.165, 1.54) is 54.4 Å². The number of piperidine rings is 1. The molecule has 144 valence electrons. The molecule has 3 aliphatic rings. The van der Waals surface area contributed by atoms with Crippen LogP contribution in [-0.2, 0) is 17.6 Å². The Labute approximate surface area is 164 Å². The molecule has 1 N–H and O–H groups in total. The monoisotopic (exact) mass is 384 g/mol. The largest absolute Gasteiger partial charge is 0.356 e. The highest BCUT2D eigenvalue weighted by Gasteiger charge is 2.28. The standard InChI is InChI=1S/C21H28N4OS/c26-20(14-5-2-1-3-6-14)24-15-9-11-25(12-10-15)19-18-16-7-4-8-17(16)27-21(18)23-13-22-19/h13-15H,1-12H2,(H,24,26). The zero-order valence-electron chi connectivity index (χ0n) is 15.9. The highest BCUT2D eigenvalue weighted by molar-refractivity contribution is 7.19. The number of carbonyl (C=O) groups excluding carboxylic acids is 1. The van der Waals surface area contributed by atoms with Crippen LogP contribution < -0.4 is 10.2 Å². The van der Waals surface area contributed by atoms with E-state index in [1.54, 1.807) is 6.33 Å². The fourth-order valence-corrected chi connectivity index (χ4v) is 6.29. The number of hydrogen-bond acceptors (Lipinski definition) is 5. The summed E-state index contributed by atoms with van der Waals surface area (Å²) in [6.45, 7) is 1.93. The average molecular weight is 385 g/mol. The van der Waals surface area contributed by atoms with Crippen LogP contribution >= 0.6 is 11.3 Å². The molecule has 3 heterocycles. The van der Waals surface area contributed by atoms with E-state index in [2.05, 4.69) is 20.2 Å². The second kappa shape index (κ2) is 7.38. The first kappa shape index (κ1) is 17.4. The van der Waals surface area contributed by atoms with E-state index in [9.17, 15) is 4.79 Å². The molecule has 0 radical (unpaired) electrons. The lowest BCUT2D eigenvalue weighted by molar-refractivity contribution is -0.126. The summed E-state index contributed by atoms with van der Waals surface area (Å²) < 4.78 is 0. The lowest BCUT2D eigenvalue weighted by atomic mass is 9.88. The minimum absolute atomic E-state index is 0.256. The molecular weight excluding hydrogens is 356 g/mol. The zero-order valence-corrected chi connectivity index (χ0v) is 16.7. The van der Waals surface area contributed by atoms with Gasteiger partial charge in [0, 0.05) is 29.9 Å². The van der Waals surface area contributed by atoms with Crippen molar-refractivity contribution in [3.63, 3.8) is 0 Å². The molecule has 0 bridgehead atoms. The highest BCUT2D eigenvalue weighted by atomic mass is 32.1. The molecule has 27 heavy (non-hydrogen) atoms. The Bertz CT molecular complexity index is 834. The predicted octanol–water partition coefficient (Wildman–Crippen LogP) is 3.85. The number of aryl methyl sites for hydroxylation is 2. The van der Waals surface area contributed by atoms with Gasteiger partial charge in [-0.1, -0.05) is 19.3 Å². The van der Waals surface area contributed by atoms with Crippen LogP contribution in [0.1, 0.15) is 61.8 Å². The highest BCUT2D eigenvalue weighted by Crippen LogP contribution is 2.40. The van der Waals surface area contributed by atoms with Gasteiger partial charge in [0.2, 0.25) is 5.91 Å². The molecule has 0 spiro atoms. The van der Waals surface area contributed by atoms with Crippen LogP contribution in [0.3, 0.4) is 0 Å². The van der Waals surface area contributed by atoms with Crippen molar-refractivity contribution in [2.24, 2.45) is 5.92 Å². The van der Waals surface area contributed by atoms with Gasteiger partial charge in [0.15, 0.2) is 0 Å². The Balaban J connectivity index is 1.26. The van der Waals surface area contributed by atoms with E-state index in [0.29, 0.717) is 11.9 Å². The van der Waals surface area contributed by atoms with Crippen molar-refractivity contribution < 1.29 is 4.79 Å². The Morgan fingerprint density at radius 1 is 1.04 bits per heavy atom. The van der Waals surface area contributed by atoms with Crippen molar-refractivity contribution >= 4 is 33.3 Å². The van der Waals surface area contributed by atoms with Gasteiger partial charge in [-0.05, 0) is 50.5 Å². The molecule has 5 rings (SSSR count). The molecule has 2 aliphatic carbocycles. The van der Waals surface area contributed by atoms with Crippen molar-refractivity contribution in [3.8, 4) is 0 Å². The van der Waals surface area contributed by atoms with Gasteiger partial charge in [-0.25, -0.2) is 9.97 Å². The first-order chi connectivity index (χ1) is 13.3. The molecule has 1 amide bonds. The van der Waals surface area contributed by atoms with Crippen LogP contribution in [0.15, 0.2) is 6.33 Å². The van der Waals surface area contributed by atoms with Crippen LogP contribution in [0.5, 0.6) is 0 Å². The maximum absolute atomic E-state index is 12.5. The first-order valence-electron chi connectivity index (χ1n) is 10.6. The van der Waals surface area contributed by atoms with Crippen molar-refractivity contribution in [1.29, 1.82) is 0 Å². The number of anilines is 1. The van der Waals surface area contributed by atoms with Crippen molar-refractivity contribution in [2.45, 2.75) is 70.3 Å². The minimum atomic E-state index is 0.256. The van der Waals surface area contributed by atoms with E-state index in [4.69, 9.17) is 0 Å². The van der Waals surface area contributed by atoms with Gasteiger partial charge >= 0.3 is 0 Å². The maximum Gasteiger partial charge on any atom is 0.223 e. The summed E-state index contributed by atoms with van der Waals surface area (Å²) in [7, 11) is 0. The van der Waals surface area contributed by atoms with Gasteiger partial charge in [-0.15, -0.1) is 11.3 Å². The predicted molar refractivity (Wildman–Crippen MR) is 109 cm³/mol. The molecule has 6 heteroatoms. The maximum atomic E-state index is 12.5. The molecule has 1 saturated heterocycles. The van der Waals surface area contributed by atoms with Gasteiger partial charge < -0.3 is 10.2 Å². The van der Waals surface area contributed by atoms with Crippen LogP contribution in [0.25, 0.3) is 10.2 Å². The Morgan fingerprint density at radius 3 is 2.67 bits per heavy atom. The van der Waals surface area contributed by atoms with Gasteiger partial charge in [-0.2, -0.15) is 0 Å². The first-order valence-corrected chi connectivity index (χ1v) is 11.4. The number of nitrogens with one attached hydrogen (secondary N) is 1. The third kappa shape index (κ3) is 3.33. The molecule has 1 aliphatic heterocycles. The number of carbonyl (C=O) groups is 1. The van der Waals surface area contributed by atoms with E-state index < -0.39 is 0 Å². The lowest BCUT2D eigenvalue weighted by Crippen LogP contribution is -2.46. The molecule has 2 aromatic heterocycles. The molecule has 0 atom stereocenters. The van der Waals surface area contributed by atoms with Gasteiger partial charge in [0.25, 0.3) is 0 Å². The number of rotatable bonds is 3. The quantitative estimate of drug-likeness (QED) is 0.873. The van der Waals surface area contributed by atoms with Gasteiger partial charge in [0.1, 0.15) is 17.0 Å². The lowest BCUT2D eigenvalue weighted by Gasteiger charge is -2.34. The molecule has 2 aromatic rings. The van der Waals surface area contributed by atoms with Crippen LogP contribution in [0.4, 0.5) is 5.82 Å². The SMILES string of the molecule is O=C(NC1CCN(c2ncnc3sc4c(c23)CCC4)CC1)C1CCCCC1. The van der Waals surface area contributed by atoms with Crippen LogP contribution in [0, 0.1) is 5.92 Å². The Morgan fingerprint density at radius 2 is 1.85 bits per heavy atom. The summed E-state index contributed by atoms with van der Waals surface area (Å²) in [5.74, 6) is 1.68. The van der Waals surface area contributed by atoms with E-state index >= 15 is 0 Å². The van der Waals surface area contributed by atoms with Crippen LogP contribution in [-0.4, -0.2) is 35.0 Å². The fraction of sp³-hybridized carbons (Fsp3) is 0.667. The molecular formula is C21H28N4OS. The summed E-state index contributed by atoms with van der Waals surface area (Å²) in [5, 5.41) is 4.64. The number of hydrogen-bond donors (Lipinski definition) is 1. The summed E-state index contributed by atoms with van der Waals surface area (Å²) in [4.78, 5) is 26.8. The van der Waals surface area contributed by atoms with E-state index in [-0.39, 0.29) is 5.92 Å². The normalized spacial score (nSPS) is 21.6. The second-order valence-corrected chi connectivity index (χ2v) is 9.42. The zero-order chi connectivity index (χ0) is 18.2. The van der Waals surface area contributed by atoms with Gasteiger partial charge in [-0.3, -0.25) is 4.79 Å². The molecule has 0 unspecified atom stereocenters. The number of nitrogens with zero attached hydrogens (tertiary/aromatic N) is 3. The van der Waals surface area contributed by atoms with Crippen molar-refractivity contribution in [1.82, 2.24) is 15.3 Å². The smallest absolute Gasteiger partial charge is 0.223 e. The molecule has 1 saturated carbocycles. The fourth-order valence-electron chi connectivity index (χ4n) is 5.07. The summed E-state index contributed by atoms with van der Waals surface area (Å²) in [6.07, 6.45) is 13.3.